The Labute approximate surface area is 528 Å². The van der Waals surface area contributed by atoms with Crippen molar-refractivity contribution < 1.29 is 65.9 Å². The van der Waals surface area contributed by atoms with Crippen molar-refractivity contribution in [1.82, 2.24) is 55.1 Å². The number of aryl methyl sites for hydroxylation is 1. The number of carbonyl (C=O) groups is 11. The zero-order valence-corrected chi connectivity index (χ0v) is 55.4. The molecular weight excluding hydrogens is 1180 g/mol. The first-order valence-corrected chi connectivity index (χ1v) is 31.8. The third kappa shape index (κ3) is 18.8. The van der Waals surface area contributed by atoms with Gasteiger partial charge in [0.25, 0.3) is 0 Å². The molecule has 2 heterocycles. The lowest BCUT2D eigenvalue weighted by Crippen LogP contribution is -2.60. The van der Waals surface area contributed by atoms with Crippen molar-refractivity contribution >= 4 is 76.6 Å². The summed E-state index contributed by atoms with van der Waals surface area (Å²) in [6.07, 6.45) is 1.00. The molecule has 22 nitrogen and oxygen atoms in total. The highest BCUT2D eigenvalue weighted by atomic mass is 35.5. The Morgan fingerprint density at radius 3 is 1.84 bits per heavy atom. The Hall–Kier alpha value is -6.53. The summed E-state index contributed by atoms with van der Waals surface area (Å²) in [5.41, 5.74) is -2.20. The maximum absolute atomic E-state index is 14.9. The number of carbonyl (C=O) groups excluding carboxylic acids is 11. The first-order valence-electron chi connectivity index (χ1n) is 31.4. The minimum absolute atomic E-state index is 0.0347. The van der Waals surface area contributed by atoms with Gasteiger partial charge in [-0.05, 0) is 99.7 Å². The average Bonchev–Trinajstić information content (AvgIpc) is 1.79. The summed E-state index contributed by atoms with van der Waals surface area (Å²) in [6, 6.07) is -4.50. The molecule has 3 N–H and O–H groups in total. The lowest BCUT2D eigenvalue weighted by atomic mass is 9.84. The molecule has 1 aromatic rings. The van der Waals surface area contributed by atoms with Crippen LogP contribution < -0.4 is 16.0 Å². The Kier molecular flexibility index (Phi) is 25.9. The second-order valence-electron chi connectivity index (χ2n) is 26.3. The van der Waals surface area contributed by atoms with Gasteiger partial charge in [0.2, 0.25) is 65.0 Å². The van der Waals surface area contributed by atoms with E-state index in [0.29, 0.717) is 18.4 Å². The number of amides is 11. The Morgan fingerprint density at radius 1 is 0.663 bits per heavy atom. The van der Waals surface area contributed by atoms with Crippen LogP contribution in [0.3, 0.4) is 0 Å². The van der Waals surface area contributed by atoms with E-state index in [-0.39, 0.29) is 69.7 Å². The third-order valence-electron chi connectivity index (χ3n) is 18.5. The predicted octanol–water partition coefficient (Wildman–Crippen LogP) is 4.73. The van der Waals surface area contributed by atoms with Gasteiger partial charge in [-0.1, -0.05) is 97.7 Å². The van der Waals surface area contributed by atoms with Crippen LogP contribution in [0.15, 0.2) is 18.2 Å². The number of alkyl halides is 3. The van der Waals surface area contributed by atoms with E-state index in [1.165, 1.54) is 79.9 Å². The lowest BCUT2D eigenvalue weighted by Gasteiger charge is -2.38. The molecule has 2 aliphatic heterocycles. The summed E-state index contributed by atoms with van der Waals surface area (Å²) in [5.74, 6) is -7.72. The van der Waals surface area contributed by atoms with Gasteiger partial charge in [-0.3, -0.25) is 52.7 Å². The molecule has 2 saturated carbocycles. The molecule has 89 heavy (non-hydrogen) atoms. The molecule has 0 radical (unpaired) electrons. The summed E-state index contributed by atoms with van der Waals surface area (Å²) in [5, 5.41) is 7.94. The van der Waals surface area contributed by atoms with Gasteiger partial charge in [0.1, 0.15) is 41.8 Å². The highest BCUT2D eigenvalue weighted by Crippen LogP contribution is 2.40. The summed E-state index contributed by atoms with van der Waals surface area (Å²) in [6.45, 7) is 11.0. The molecule has 0 bridgehead atoms. The van der Waals surface area contributed by atoms with E-state index in [0.717, 1.165) is 58.9 Å². The largest absolute Gasteiger partial charge is 0.417 e. The molecule has 8 atom stereocenters. The van der Waals surface area contributed by atoms with Crippen LogP contribution in [0.1, 0.15) is 149 Å². The van der Waals surface area contributed by atoms with Crippen molar-refractivity contribution in [2.75, 3.05) is 75.5 Å². The number of halogens is 4. The number of hydrogen-bond acceptors (Lipinski definition) is 11. The van der Waals surface area contributed by atoms with Crippen LogP contribution in [0.5, 0.6) is 0 Å². The first kappa shape index (κ1) is 73.2. The van der Waals surface area contributed by atoms with Gasteiger partial charge in [0, 0.05) is 68.3 Å². The van der Waals surface area contributed by atoms with Gasteiger partial charge in [-0.25, -0.2) is 0 Å². The maximum Gasteiger partial charge on any atom is 0.417 e. The molecule has 4 fully saturated rings. The van der Waals surface area contributed by atoms with Crippen molar-refractivity contribution in [3.05, 3.63) is 34.3 Å². The quantitative estimate of drug-likeness (QED) is 0.289. The summed E-state index contributed by atoms with van der Waals surface area (Å²) >= 11 is 6.09. The van der Waals surface area contributed by atoms with Gasteiger partial charge in [0.05, 0.1) is 30.2 Å². The fourth-order valence-electron chi connectivity index (χ4n) is 12.3. The van der Waals surface area contributed by atoms with Crippen LogP contribution in [0, 0.1) is 23.7 Å². The summed E-state index contributed by atoms with van der Waals surface area (Å²) < 4.78 is 41.2. The van der Waals surface area contributed by atoms with Crippen LogP contribution >= 0.6 is 11.6 Å². The molecule has 26 heteroatoms. The Bertz CT molecular complexity index is 2760. The first-order chi connectivity index (χ1) is 41.5. The van der Waals surface area contributed by atoms with E-state index < -0.39 is 161 Å². The molecular formula is C63H97ClF3N11O11. The fraction of sp³-hybridized carbons (Fsp3) is 0.730. The van der Waals surface area contributed by atoms with E-state index in [1.54, 1.807) is 27.7 Å². The SMILES string of the molecule is CC[C@H](C)[C@@H]1NC(=O)[C@H](CC(C)C)N(C)C(=O)C[C@@H](C)N(C)C(=O)[C@H](C(C)C)N(C)C(=O)C2(CC2)NC(=O)[C@@H]2CCCN2C(=O)[C@H](CCc2ccc(C(F)(F)F)c(Cl)c2)NC(=O)CN(C)C(=O)[C@H](CC2CCCCC2)N(C)C(=O)CN(C)C(=O)CN(C)C1=O. The van der Waals surface area contributed by atoms with Crippen molar-refractivity contribution in [1.29, 1.82) is 0 Å². The van der Waals surface area contributed by atoms with E-state index in [2.05, 4.69) is 16.0 Å². The molecule has 498 valence electrons. The second kappa shape index (κ2) is 31.5. The highest BCUT2D eigenvalue weighted by molar-refractivity contribution is 6.31. The van der Waals surface area contributed by atoms with Crippen LogP contribution in [0.2, 0.25) is 5.02 Å². The summed E-state index contributed by atoms with van der Waals surface area (Å²) in [4.78, 5) is 169. The van der Waals surface area contributed by atoms with Crippen molar-refractivity contribution in [2.45, 2.75) is 199 Å². The normalized spacial score (nSPS) is 26.3. The molecule has 1 aromatic carbocycles. The molecule has 11 amide bonds. The minimum atomic E-state index is -4.74. The molecule has 2 saturated heterocycles. The van der Waals surface area contributed by atoms with Crippen molar-refractivity contribution in [3.8, 4) is 0 Å². The Balaban J connectivity index is 1.53. The van der Waals surface area contributed by atoms with Gasteiger partial charge < -0.3 is 55.1 Å². The zero-order valence-electron chi connectivity index (χ0n) is 54.6. The third-order valence-corrected chi connectivity index (χ3v) is 18.8. The maximum atomic E-state index is 14.9. The van der Waals surface area contributed by atoms with Crippen molar-refractivity contribution in [3.63, 3.8) is 0 Å². The highest BCUT2D eigenvalue weighted by Gasteiger charge is 2.56. The number of rotatable bonds is 10. The van der Waals surface area contributed by atoms with E-state index in [9.17, 15) is 65.9 Å². The van der Waals surface area contributed by atoms with E-state index >= 15 is 0 Å². The number of likely N-dealkylation sites (N-methyl/N-ethyl adjacent to an activating group) is 7. The number of nitrogens with zero attached hydrogens (tertiary/aromatic N) is 8. The van der Waals surface area contributed by atoms with Crippen LogP contribution in [0.25, 0.3) is 0 Å². The summed E-state index contributed by atoms with van der Waals surface area (Å²) in [7, 11) is 10.1. The standard InChI is InChI=1S/C63H97ClF3N11O11/c1-15-39(6)53-59(87)73(10)35-51(81)71(8)36-52(82)76(13)48(33-41-20-17-16-18-21-41)58(86)72(9)34-49(79)68-45(26-24-42-23-25-43(44(64)32-42)63(65,66)67)57(85)78-29-19-22-46(78)56(84)70-62(27-28-62)61(89)77(14)54(38(4)5)60(88)74(11)40(7)31-50(80)75(12)47(30-37(2)3)55(83)69-53/h23,25,32,37-41,45-48,53-54H,15-22,24,26-31,33-36H2,1-14H3,(H,68,79)(H,69,83)(H,70,84)/t39-,40+,45-,46-,47-,48-,53-,54-/m0/s1. The zero-order chi connectivity index (χ0) is 66.7. The molecule has 2 aliphatic carbocycles. The topological polar surface area (TPSA) is 250 Å². The van der Waals surface area contributed by atoms with Crippen molar-refractivity contribution in [2.24, 2.45) is 23.7 Å². The second-order valence-corrected chi connectivity index (χ2v) is 26.7. The molecule has 5 rings (SSSR count). The molecule has 0 unspecified atom stereocenters. The molecule has 1 spiro atoms. The number of benzene rings is 1. The minimum Gasteiger partial charge on any atom is -0.343 e. The van der Waals surface area contributed by atoms with Gasteiger partial charge in [-0.15, -0.1) is 0 Å². The molecule has 4 aliphatic rings. The predicted molar refractivity (Wildman–Crippen MR) is 328 cm³/mol. The van der Waals surface area contributed by atoms with E-state index in [1.807, 2.05) is 20.8 Å². The lowest BCUT2D eigenvalue weighted by molar-refractivity contribution is -0.150. The smallest absolute Gasteiger partial charge is 0.343 e. The number of nitrogens with one attached hydrogen (secondary N) is 3. The van der Waals surface area contributed by atoms with Gasteiger partial charge >= 0.3 is 6.18 Å². The monoisotopic (exact) mass is 1280 g/mol. The van der Waals surface area contributed by atoms with Gasteiger partial charge in [-0.2, -0.15) is 13.2 Å². The fourth-order valence-corrected chi connectivity index (χ4v) is 12.6. The van der Waals surface area contributed by atoms with E-state index in [4.69, 9.17) is 11.6 Å². The molecule has 0 aromatic heterocycles. The van der Waals surface area contributed by atoms with Gasteiger partial charge in [0.15, 0.2) is 0 Å². The van der Waals surface area contributed by atoms with Crippen LogP contribution in [0.4, 0.5) is 13.2 Å². The Morgan fingerprint density at radius 2 is 1.27 bits per heavy atom. The average molecular weight is 1280 g/mol. The number of fused-ring (bicyclic) bond motifs is 1. The van der Waals surface area contributed by atoms with Crippen LogP contribution in [-0.4, -0.2) is 228 Å². The van der Waals surface area contributed by atoms with Crippen LogP contribution in [-0.2, 0) is 65.3 Å². The number of hydrogen-bond donors (Lipinski definition) is 3.